The molecule has 1 aliphatic rings. The van der Waals surface area contributed by atoms with E-state index >= 15 is 0 Å². The quantitative estimate of drug-likeness (QED) is 0.836. The highest BCUT2D eigenvalue weighted by molar-refractivity contribution is 5.33. The number of hydrogen-bond donors (Lipinski definition) is 1. The molecule has 0 amide bonds. The second-order valence-corrected chi connectivity index (χ2v) is 5.98. The smallest absolute Gasteiger partial charge is 0.387 e. The maximum absolute atomic E-state index is 12.2. The Balaban J connectivity index is 1.69. The second-order valence-electron chi connectivity index (χ2n) is 5.98. The normalized spacial score (nSPS) is 18.5. The van der Waals surface area contributed by atoms with E-state index in [1.165, 1.54) is 17.5 Å². The van der Waals surface area contributed by atoms with Crippen LogP contribution in [0, 0.1) is 0 Å². The summed E-state index contributed by atoms with van der Waals surface area (Å²) in [5.41, 5.74) is 3.86. The molecular weight excluding hydrogens is 296 g/mol. The first-order valence-corrected chi connectivity index (χ1v) is 8.02. The van der Waals surface area contributed by atoms with Crippen LogP contribution in [0.15, 0.2) is 48.5 Å². The molecule has 0 saturated carbocycles. The summed E-state index contributed by atoms with van der Waals surface area (Å²) in [6.07, 6.45) is 3.44. The van der Waals surface area contributed by atoms with Gasteiger partial charge in [0, 0.05) is 12.1 Å². The van der Waals surface area contributed by atoms with Gasteiger partial charge >= 0.3 is 6.61 Å². The zero-order valence-electron chi connectivity index (χ0n) is 13.1. The van der Waals surface area contributed by atoms with Crippen molar-refractivity contribution in [3.8, 4) is 5.75 Å². The minimum atomic E-state index is -2.78. The van der Waals surface area contributed by atoms with Crippen molar-refractivity contribution in [1.82, 2.24) is 5.32 Å². The van der Waals surface area contributed by atoms with E-state index in [2.05, 4.69) is 41.2 Å². The van der Waals surface area contributed by atoms with Crippen molar-refractivity contribution < 1.29 is 13.5 Å². The number of alkyl halides is 2. The Morgan fingerprint density at radius 2 is 1.83 bits per heavy atom. The fraction of sp³-hybridized carbons (Fsp3) is 0.368. The second kappa shape index (κ2) is 7.09. The Bertz CT molecular complexity index is 642. The van der Waals surface area contributed by atoms with Crippen molar-refractivity contribution in [2.45, 2.75) is 44.9 Å². The number of hydrogen-bond acceptors (Lipinski definition) is 2. The molecule has 0 saturated heterocycles. The Labute approximate surface area is 135 Å². The van der Waals surface area contributed by atoms with Crippen LogP contribution in [0.25, 0.3) is 0 Å². The Morgan fingerprint density at radius 3 is 2.57 bits per heavy atom. The third-order valence-electron chi connectivity index (χ3n) is 4.43. The van der Waals surface area contributed by atoms with Crippen LogP contribution in [0.5, 0.6) is 5.75 Å². The monoisotopic (exact) mass is 317 g/mol. The molecule has 0 spiro atoms. The lowest BCUT2D eigenvalue weighted by molar-refractivity contribution is -0.0498. The van der Waals surface area contributed by atoms with Crippen LogP contribution < -0.4 is 10.1 Å². The van der Waals surface area contributed by atoms with Gasteiger partial charge in [-0.1, -0.05) is 36.4 Å². The first kappa shape index (κ1) is 15.9. The first-order chi connectivity index (χ1) is 11.1. The standard InChI is InChI=1S/C19H21F2NO/c1-13(14-9-11-16(12-10-14)23-19(20)21)22-18-8-4-6-15-5-2-3-7-17(15)18/h2-3,5,7,9-13,18-19,22H,4,6,8H2,1H3. The van der Waals surface area contributed by atoms with Gasteiger partial charge in [-0.05, 0) is 55.0 Å². The zero-order chi connectivity index (χ0) is 16.2. The van der Waals surface area contributed by atoms with E-state index in [1.807, 2.05) is 12.1 Å². The van der Waals surface area contributed by atoms with Gasteiger partial charge in [0.2, 0.25) is 0 Å². The van der Waals surface area contributed by atoms with E-state index in [9.17, 15) is 8.78 Å². The van der Waals surface area contributed by atoms with Crippen molar-refractivity contribution in [3.63, 3.8) is 0 Å². The van der Waals surface area contributed by atoms with E-state index in [0.29, 0.717) is 6.04 Å². The highest BCUT2D eigenvalue weighted by Gasteiger charge is 2.21. The lowest BCUT2D eigenvalue weighted by Gasteiger charge is -2.29. The van der Waals surface area contributed by atoms with Crippen LogP contribution >= 0.6 is 0 Å². The molecule has 3 rings (SSSR count). The van der Waals surface area contributed by atoms with Gasteiger partial charge in [0.15, 0.2) is 0 Å². The van der Waals surface area contributed by atoms with Crippen molar-refractivity contribution in [3.05, 3.63) is 65.2 Å². The topological polar surface area (TPSA) is 21.3 Å². The third-order valence-corrected chi connectivity index (χ3v) is 4.43. The summed E-state index contributed by atoms with van der Waals surface area (Å²) in [6, 6.07) is 15.9. The lowest BCUT2D eigenvalue weighted by Crippen LogP contribution is -2.27. The summed E-state index contributed by atoms with van der Waals surface area (Å²) in [4.78, 5) is 0. The van der Waals surface area contributed by atoms with Gasteiger partial charge in [0.1, 0.15) is 5.75 Å². The summed E-state index contributed by atoms with van der Waals surface area (Å²) in [6.45, 7) is -0.685. The lowest BCUT2D eigenvalue weighted by atomic mass is 9.87. The molecule has 2 nitrogen and oxygen atoms in total. The number of ether oxygens (including phenoxy) is 1. The number of nitrogens with one attached hydrogen (secondary N) is 1. The summed E-state index contributed by atoms with van der Waals surface area (Å²) in [5.74, 6) is 0.193. The molecule has 0 bridgehead atoms. The molecular formula is C19H21F2NO. The van der Waals surface area contributed by atoms with E-state index < -0.39 is 6.61 Å². The highest BCUT2D eigenvalue weighted by Crippen LogP contribution is 2.31. The number of rotatable bonds is 5. The van der Waals surface area contributed by atoms with Gasteiger partial charge in [-0.25, -0.2) is 0 Å². The van der Waals surface area contributed by atoms with Crippen LogP contribution in [0.4, 0.5) is 8.78 Å². The summed E-state index contributed by atoms with van der Waals surface area (Å²) in [7, 11) is 0. The third kappa shape index (κ3) is 3.88. The highest BCUT2D eigenvalue weighted by atomic mass is 19.3. The maximum atomic E-state index is 12.2. The van der Waals surface area contributed by atoms with Crippen LogP contribution in [-0.4, -0.2) is 6.61 Å². The van der Waals surface area contributed by atoms with Crippen molar-refractivity contribution >= 4 is 0 Å². The molecule has 0 aliphatic heterocycles. The van der Waals surface area contributed by atoms with Crippen molar-refractivity contribution in [2.75, 3.05) is 0 Å². The van der Waals surface area contributed by atoms with E-state index in [4.69, 9.17) is 0 Å². The fourth-order valence-electron chi connectivity index (χ4n) is 3.26. The fourth-order valence-corrected chi connectivity index (χ4v) is 3.26. The predicted molar refractivity (Wildman–Crippen MR) is 86.7 cm³/mol. The predicted octanol–water partition coefficient (Wildman–Crippen LogP) is 5.02. The van der Waals surface area contributed by atoms with Crippen LogP contribution in [0.2, 0.25) is 0 Å². The average molecular weight is 317 g/mol. The number of fused-ring (bicyclic) bond motifs is 1. The molecule has 2 aromatic rings. The van der Waals surface area contributed by atoms with Gasteiger partial charge in [0.25, 0.3) is 0 Å². The average Bonchev–Trinajstić information content (AvgIpc) is 2.55. The molecule has 2 atom stereocenters. The summed E-state index contributed by atoms with van der Waals surface area (Å²) in [5, 5.41) is 3.66. The molecule has 2 aromatic carbocycles. The molecule has 2 unspecified atom stereocenters. The van der Waals surface area contributed by atoms with Gasteiger partial charge in [-0.3, -0.25) is 0 Å². The number of halogens is 2. The number of benzene rings is 2. The van der Waals surface area contributed by atoms with Crippen molar-refractivity contribution in [1.29, 1.82) is 0 Å². The molecule has 0 radical (unpaired) electrons. The largest absolute Gasteiger partial charge is 0.435 e. The van der Waals surface area contributed by atoms with Crippen LogP contribution in [-0.2, 0) is 6.42 Å². The molecule has 122 valence electrons. The molecule has 0 aromatic heterocycles. The minimum Gasteiger partial charge on any atom is -0.435 e. The van der Waals surface area contributed by atoms with Gasteiger partial charge in [0.05, 0.1) is 0 Å². The Morgan fingerprint density at radius 1 is 1.09 bits per heavy atom. The van der Waals surface area contributed by atoms with Gasteiger partial charge < -0.3 is 10.1 Å². The molecule has 23 heavy (non-hydrogen) atoms. The van der Waals surface area contributed by atoms with Crippen molar-refractivity contribution in [2.24, 2.45) is 0 Å². The minimum absolute atomic E-state index is 0.145. The van der Waals surface area contributed by atoms with E-state index in [0.717, 1.165) is 18.4 Å². The molecule has 0 fully saturated rings. The molecule has 4 heteroatoms. The molecule has 0 heterocycles. The van der Waals surface area contributed by atoms with Crippen LogP contribution in [0.3, 0.4) is 0 Å². The summed E-state index contributed by atoms with van der Waals surface area (Å²) >= 11 is 0. The first-order valence-electron chi connectivity index (χ1n) is 8.02. The van der Waals surface area contributed by atoms with Gasteiger partial charge in [-0.15, -0.1) is 0 Å². The Kier molecular flexibility index (Phi) is 4.91. The molecule has 1 N–H and O–H groups in total. The van der Waals surface area contributed by atoms with E-state index in [-0.39, 0.29) is 11.8 Å². The van der Waals surface area contributed by atoms with E-state index in [1.54, 1.807) is 12.1 Å². The molecule has 1 aliphatic carbocycles. The SMILES string of the molecule is CC(NC1CCCc2ccccc21)c1ccc(OC(F)F)cc1. The number of aryl methyl sites for hydroxylation is 1. The summed E-state index contributed by atoms with van der Waals surface area (Å²) < 4.78 is 28.8. The maximum Gasteiger partial charge on any atom is 0.387 e. The zero-order valence-corrected chi connectivity index (χ0v) is 13.1. The Hall–Kier alpha value is -1.94. The van der Waals surface area contributed by atoms with Crippen LogP contribution in [0.1, 0.15) is 48.5 Å². The van der Waals surface area contributed by atoms with Gasteiger partial charge in [-0.2, -0.15) is 8.78 Å².